The van der Waals surface area contributed by atoms with Crippen molar-refractivity contribution in [3.8, 4) is 0 Å². The van der Waals surface area contributed by atoms with Gasteiger partial charge >= 0.3 is 0 Å². The molecule has 0 aliphatic rings. The molecule has 0 saturated heterocycles. The van der Waals surface area contributed by atoms with E-state index >= 15 is 0 Å². The van der Waals surface area contributed by atoms with Crippen molar-refractivity contribution in [2.75, 3.05) is 6.61 Å². The third-order valence-electron chi connectivity index (χ3n) is 1.55. The van der Waals surface area contributed by atoms with Crippen LogP contribution in [0.15, 0.2) is 30.3 Å². The number of hydrogen-bond donors (Lipinski definition) is 1. The molecule has 0 amide bonds. The van der Waals surface area contributed by atoms with E-state index in [1.165, 1.54) is 5.56 Å². The third kappa shape index (κ3) is 7.50. The van der Waals surface area contributed by atoms with Crippen molar-refractivity contribution < 1.29 is 10.1 Å². The molecule has 0 spiro atoms. The summed E-state index contributed by atoms with van der Waals surface area (Å²) in [6, 6.07) is 10.5. The van der Waals surface area contributed by atoms with Gasteiger partial charge in [-0.2, -0.15) is 0 Å². The Labute approximate surface area is 80.1 Å². The Hall–Kier alpha value is -0.860. The van der Waals surface area contributed by atoms with Crippen molar-refractivity contribution in [1.29, 1.82) is 0 Å². The Morgan fingerprint density at radius 1 is 1.15 bits per heavy atom. The molecule has 1 rings (SSSR count). The summed E-state index contributed by atoms with van der Waals surface area (Å²) in [6.45, 7) is 4.53. The summed E-state index contributed by atoms with van der Waals surface area (Å²) in [7, 11) is 0. The topological polar surface area (TPSA) is 29.5 Å². The fraction of sp³-hybridized carbons (Fsp3) is 0.455. The van der Waals surface area contributed by atoms with Gasteiger partial charge in [-0.05, 0) is 18.4 Å². The van der Waals surface area contributed by atoms with Gasteiger partial charge in [0.25, 0.3) is 0 Å². The van der Waals surface area contributed by atoms with Crippen LogP contribution in [0.4, 0.5) is 0 Å². The first-order chi connectivity index (χ1) is 6.35. The number of benzene rings is 1. The van der Waals surface area contributed by atoms with Crippen LogP contribution < -0.4 is 0 Å². The number of aryl methyl sites for hydroxylation is 1. The lowest BCUT2D eigenvalue weighted by molar-refractivity contribution is -0.241. The zero-order valence-electron chi connectivity index (χ0n) is 8.36. The molecule has 0 aliphatic heterocycles. The molecule has 0 radical (unpaired) electrons. The molecule has 0 aliphatic carbocycles. The van der Waals surface area contributed by atoms with Gasteiger partial charge in [0.05, 0.1) is 6.61 Å². The summed E-state index contributed by atoms with van der Waals surface area (Å²) in [6.07, 6.45) is 2.01. The summed E-state index contributed by atoms with van der Waals surface area (Å²) in [4.78, 5) is 3.69. The zero-order valence-corrected chi connectivity index (χ0v) is 8.36. The van der Waals surface area contributed by atoms with E-state index in [1.807, 2.05) is 13.0 Å². The fourth-order valence-electron chi connectivity index (χ4n) is 0.805. The second kappa shape index (κ2) is 9.23. The standard InChI is InChI=1S/C8H10.C3H8O2/c1-2-8-6-4-3-5-7-8;1-2-3-5-4/h3-7H,2H2,1H3;4H,2-3H2,1H3. The molecular formula is C11H18O2. The van der Waals surface area contributed by atoms with Crippen molar-refractivity contribution >= 4 is 0 Å². The molecule has 0 atom stereocenters. The smallest absolute Gasteiger partial charge is 0.0817 e. The van der Waals surface area contributed by atoms with E-state index in [0.717, 1.165) is 12.8 Å². The van der Waals surface area contributed by atoms with E-state index in [2.05, 4.69) is 36.1 Å². The minimum atomic E-state index is 0.444. The second-order valence-electron chi connectivity index (χ2n) is 2.67. The molecule has 74 valence electrons. The van der Waals surface area contributed by atoms with Crippen molar-refractivity contribution in [2.45, 2.75) is 26.7 Å². The van der Waals surface area contributed by atoms with Gasteiger partial charge in [-0.25, -0.2) is 4.89 Å². The molecule has 0 saturated carbocycles. The van der Waals surface area contributed by atoms with Crippen LogP contribution in [0.1, 0.15) is 25.8 Å². The Balaban J connectivity index is 0.000000252. The van der Waals surface area contributed by atoms with Crippen LogP contribution in [-0.4, -0.2) is 11.9 Å². The normalized spacial score (nSPS) is 8.85. The Bertz CT molecular complexity index is 183. The van der Waals surface area contributed by atoms with Crippen LogP contribution in [0.3, 0.4) is 0 Å². The lowest BCUT2D eigenvalue weighted by Crippen LogP contribution is -1.81. The monoisotopic (exact) mass is 182 g/mol. The molecule has 0 bridgehead atoms. The average Bonchev–Trinajstić information content (AvgIpc) is 2.21. The summed E-state index contributed by atoms with van der Waals surface area (Å²) >= 11 is 0. The fourth-order valence-corrected chi connectivity index (χ4v) is 0.805. The molecule has 2 nitrogen and oxygen atoms in total. The summed E-state index contributed by atoms with van der Waals surface area (Å²) in [5, 5.41) is 7.57. The Kier molecular flexibility index (Phi) is 8.62. The number of hydrogen-bond acceptors (Lipinski definition) is 2. The van der Waals surface area contributed by atoms with Gasteiger partial charge < -0.3 is 0 Å². The maximum absolute atomic E-state index is 7.57. The minimum Gasteiger partial charge on any atom is -0.252 e. The minimum absolute atomic E-state index is 0.444. The van der Waals surface area contributed by atoms with Gasteiger partial charge in [-0.15, -0.1) is 0 Å². The van der Waals surface area contributed by atoms with Gasteiger partial charge in [-0.3, -0.25) is 5.26 Å². The Morgan fingerprint density at radius 3 is 2.00 bits per heavy atom. The van der Waals surface area contributed by atoms with Crippen molar-refractivity contribution in [3.05, 3.63) is 35.9 Å². The molecule has 1 aromatic carbocycles. The van der Waals surface area contributed by atoms with Gasteiger partial charge in [0.1, 0.15) is 0 Å². The predicted molar refractivity (Wildman–Crippen MR) is 54.7 cm³/mol. The second-order valence-corrected chi connectivity index (χ2v) is 2.67. The van der Waals surface area contributed by atoms with Gasteiger partial charge in [0, 0.05) is 0 Å². The molecule has 1 aromatic rings. The molecule has 0 aromatic heterocycles. The molecular weight excluding hydrogens is 164 g/mol. The molecule has 13 heavy (non-hydrogen) atoms. The van der Waals surface area contributed by atoms with E-state index in [0.29, 0.717) is 6.61 Å². The average molecular weight is 182 g/mol. The lowest BCUT2D eigenvalue weighted by Gasteiger charge is -1.89. The van der Waals surface area contributed by atoms with Crippen LogP contribution in [0.2, 0.25) is 0 Å². The quantitative estimate of drug-likeness (QED) is 0.575. The lowest BCUT2D eigenvalue weighted by atomic mass is 10.2. The summed E-state index contributed by atoms with van der Waals surface area (Å²) in [5.41, 5.74) is 1.41. The highest BCUT2D eigenvalue weighted by Gasteiger charge is 1.79. The SMILES string of the molecule is CCCOO.CCc1ccccc1. The van der Waals surface area contributed by atoms with E-state index in [4.69, 9.17) is 5.26 Å². The predicted octanol–water partition coefficient (Wildman–Crippen LogP) is 3.14. The van der Waals surface area contributed by atoms with Crippen LogP contribution in [-0.2, 0) is 11.3 Å². The van der Waals surface area contributed by atoms with Gasteiger partial charge in [-0.1, -0.05) is 44.2 Å². The van der Waals surface area contributed by atoms with E-state index in [1.54, 1.807) is 0 Å². The van der Waals surface area contributed by atoms with E-state index in [9.17, 15) is 0 Å². The highest BCUT2D eigenvalue weighted by Crippen LogP contribution is 1.96. The maximum atomic E-state index is 7.57. The third-order valence-corrected chi connectivity index (χ3v) is 1.55. The largest absolute Gasteiger partial charge is 0.252 e. The molecule has 0 fully saturated rings. The Morgan fingerprint density at radius 2 is 1.77 bits per heavy atom. The first kappa shape index (κ1) is 12.1. The first-order valence-electron chi connectivity index (χ1n) is 4.65. The van der Waals surface area contributed by atoms with Crippen molar-refractivity contribution in [3.63, 3.8) is 0 Å². The maximum Gasteiger partial charge on any atom is 0.0817 e. The molecule has 2 heteroatoms. The van der Waals surface area contributed by atoms with Crippen molar-refractivity contribution in [1.82, 2.24) is 0 Å². The van der Waals surface area contributed by atoms with Crippen LogP contribution >= 0.6 is 0 Å². The molecule has 0 unspecified atom stereocenters. The van der Waals surface area contributed by atoms with Gasteiger partial charge in [0.2, 0.25) is 0 Å². The zero-order chi connectivity index (χ0) is 9.94. The highest BCUT2D eigenvalue weighted by molar-refractivity contribution is 5.13. The van der Waals surface area contributed by atoms with Crippen LogP contribution in [0, 0.1) is 0 Å². The highest BCUT2D eigenvalue weighted by atomic mass is 17.1. The van der Waals surface area contributed by atoms with Crippen molar-refractivity contribution in [2.24, 2.45) is 0 Å². The number of rotatable bonds is 3. The summed E-state index contributed by atoms with van der Waals surface area (Å²) < 4.78 is 0. The molecule has 1 N–H and O–H groups in total. The van der Waals surface area contributed by atoms with Gasteiger partial charge in [0.15, 0.2) is 0 Å². The summed E-state index contributed by atoms with van der Waals surface area (Å²) in [5.74, 6) is 0. The first-order valence-corrected chi connectivity index (χ1v) is 4.65. The van der Waals surface area contributed by atoms with Crippen LogP contribution in [0.25, 0.3) is 0 Å². The van der Waals surface area contributed by atoms with E-state index in [-0.39, 0.29) is 0 Å². The molecule has 0 heterocycles. The van der Waals surface area contributed by atoms with Crippen LogP contribution in [0.5, 0.6) is 0 Å². The van der Waals surface area contributed by atoms with E-state index < -0.39 is 0 Å².